The van der Waals surface area contributed by atoms with E-state index in [-0.39, 0.29) is 0 Å². The molecule has 1 fully saturated rings. The molecule has 1 nitrogen and oxygen atoms in total. The fraction of sp³-hybridized carbons (Fsp3) is 0.833. The summed E-state index contributed by atoms with van der Waals surface area (Å²) >= 11 is 0. The van der Waals surface area contributed by atoms with E-state index in [1.807, 2.05) is 0 Å². The van der Waals surface area contributed by atoms with Gasteiger partial charge in [0, 0.05) is 12.1 Å². The van der Waals surface area contributed by atoms with Crippen molar-refractivity contribution in [2.75, 3.05) is 6.61 Å². The van der Waals surface area contributed by atoms with Crippen LogP contribution in [-0.4, -0.2) is 14.9 Å². The first-order valence-corrected chi connectivity index (χ1v) is 7.87. The van der Waals surface area contributed by atoms with Crippen LogP contribution in [0, 0.1) is 5.92 Å². The summed E-state index contributed by atoms with van der Waals surface area (Å²) in [6.45, 7) is 16.5. The Hall–Kier alpha value is -0.0831. The second-order valence-corrected chi connectivity index (χ2v) is 10.2. The largest absolute Gasteiger partial charge is 0.415 e. The molecular weight excluding hydrogens is 188 g/mol. The van der Waals surface area contributed by atoms with Crippen molar-refractivity contribution >= 4 is 8.32 Å². The quantitative estimate of drug-likeness (QED) is 0.508. The molecule has 2 heteroatoms. The zero-order valence-corrected chi connectivity index (χ0v) is 11.2. The Balaban J connectivity index is 3.03. The SMILES string of the molecule is C=C[C@H]1[C@H](C)CO[Si]1(C(C)C)C(C)C. The molecule has 1 heterocycles. The van der Waals surface area contributed by atoms with E-state index < -0.39 is 8.32 Å². The van der Waals surface area contributed by atoms with Crippen LogP contribution in [0.25, 0.3) is 0 Å². The average Bonchev–Trinajstić information content (AvgIpc) is 2.43. The predicted octanol–water partition coefficient (Wildman–Crippen LogP) is 3.97. The molecule has 0 aromatic carbocycles. The van der Waals surface area contributed by atoms with Gasteiger partial charge in [-0.15, -0.1) is 6.58 Å². The van der Waals surface area contributed by atoms with E-state index >= 15 is 0 Å². The molecule has 1 aliphatic heterocycles. The molecule has 1 aliphatic rings. The van der Waals surface area contributed by atoms with Crippen molar-refractivity contribution in [2.24, 2.45) is 5.92 Å². The maximum Gasteiger partial charge on any atom is 0.204 e. The molecular formula is C12H24OSi. The van der Waals surface area contributed by atoms with Gasteiger partial charge in [0.1, 0.15) is 0 Å². The molecule has 0 bridgehead atoms. The van der Waals surface area contributed by atoms with Gasteiger partial charge in [0.15, 0.2) is 0 Å². The molecule has 0 amide bonds. The Kier molecular flexibility index (Phi) is 3.59. The summed E-state index contributed by atoms with van der Waals surface area (Å²) in [6.07, 6.45) is 2.16. The van der Waals surface area contributed by atoms with Gasteiger partial charge in [-0.05, 0) is 17.0 Å². The minimum absolute atomic E-state index is 0.641. The second-order valence-electron chi connectivity index (χ2n) is 5.21. The van der Waals surface area contributed by atoms with E-state index in [1.165, 1.54) is 0 Å². The highest BCUT2D eigenvalue weighted by molar-refractivity contribution is 6.78. The maximum absolute atomic E-state index is 6.25. The molecule has 0 aromatic rings. The van der Waals surface area contributed by atoms with Crippen LogP contribution < -0.4 is 0 Å². The molecule has 1 saturated heterocycles. The number of allylic oxidation sites excluding steroid dienone is 1. The average molecular weight is 212 g/mol. The summed E-state index contributed by atoms with van der Waals surface area (Å²) in [5.41, 5.74) is 2.02. The first-order valence-electron chi connectivity index (χ1n) is 5.73. The monoisotopic (exact) mass is 212 g/mol. The Morgan fingerprint density at radius 1 is 1.29 bits per heavy atom. The maximum atomic E-state index is 6.25. The molecule has 0 radical (unpaired) electrons. The third-order valence-corrected chi connectivity index (χ3v) is 9.91. The summed E-state index contributed by atoms with van der Waals surface area (Å²) in [5.74, 6) is 0.670. The molecule has 0 saturated carbocycles. The summed E-state index contributed by atoms with van der Waals surface area (Å²) in [5, 5.41) is 0. The molecule has 1 rings (SSSR count). The zero-order chi connectivity index (χ0) is 10.9. The van der Waals surface area contributed by atoms with Crippen LogP contribution in [0.3, 0.4) is 0 Å². The summed E-state index contributed by atoms with van der Waals surface area (Å²) in [6, 6.07) is 0. The molecule has 0 aliphatic carbocycles. The minimum atomic E-state index is -1.60. The van der Waals surface area contributed by atoms with Crippen molar-refractivity contribution in [3.63, 3.8) is 0 Å². The van der Waals surface area contributed by atoms with Crippen LogP contribution in [0.1, 0.15) is 34.6 Å². The Bertz CT molecular complexity index is 202. The first-order chi connectivity index (χ1) is 6.46. The fourth-order valence-corrected chi connectivity index (χ4v) is 8.74. The van der Waals surface area contributed by atoms with Crippen molar-refractivity contribution < 1.29 is 4.43 Å². The highest BCUT2D eigenvalue weighted by Gasteiger charge is 2.53. The standard InChI is InChI=1S/C12H24OSi/c1-7-12-11(6)8-13-14(12,9(2)3)10(4)5/h7,9-12H,1,8H2,2-6H3/t11-,12+/m1/s1. The lowest BCUT2D eigenvalue weighted by atomic mass is 10.1. The van der Waals surface area contributed by atoms with E-state index in [0.29, 0.717) is 22.5 Å². The van der Waals surface area contributed by atoms with Gasteiger partial charge in [-0.25, -0.2) is 0 Å². The van der Waals surface area contributed by atoms with Gasteiger partial charge in [-0.3, -0.25) is 0 Å². The molecule has 0 spiro atoms. The topological polar surface area (TPSA) is 9.23 Å². The van der Waals surface area contributed by atoms with Gasteiger partial charge >= 0.3 is 0 Å². The molecule has 2 atom stereocenters. The van der Waals surface area contributed by atoms with Crippen LogP contribution in [0.4, 0.5) is 0 Å². The van der Waals surface area contributed by atoms with Gasteiger partial charge < -0.3 is 4.43 Å². The molecule has 0 unspecified atom stereocenters. The third-order valence-electron chi connectivity index (χ3n) is 3.79. The lowest BCUT2D eigenvalue weighted by molar-refractivity contribution is 0.299. The van der Waals surface area contributed by atoms with E-state index in [0.717, 1.165) is 6.61 Å². The first kappa shape index (κ1) is 12.0. The molecule has 0 N–H and O–H groups in total. The van der Waals surface area contributed by atoms with Crippen molar-refractivity contribution in [2.45, 2.75) is 51.2 Å². The predicted molar refractivity (Wildman–Crippen MR) is 65.0 cm³/mol. The molecule has 82 valence electrons. The third kappa shape index (κ3) is 1.59. The fourth-order valence-electron chi connectivity index (χ4n) is 3.11. The smallest absolute Gasteiger partial charge is 0.204 e. The summed E-state index contributed by atoms with van der Waals surface area (Å²) < 4.78 is 6.25. The Morgan fingerprint density at radius 3 is 2.07 bits per heavy atom. The van der Waals surface area contributed by atoms with Crippen molar-refractivity contribution in [1.29, 1.82) is 0 Å². The second kappa shape index (κ2) is 4.19. The lowest BCUT2D eigenvalue weighted by Crippen LogP contribution is -2.44. The van der Waals surface area contributed by atoms with Gasteiger partial charge in [-0.1, -0.05) is 40.7 Å². The van der Waals surface area contributed by atoms with Gasteiger partial charge in [0.25, 0.3) is 0 Å². The van der Waals surface area contributed by atoms with E-state index in [2.05, 4.69) is 47.3 Å². The highest BCUT2D eigenvalue weighted by atomic mass is 28.4. The molecule has 14 heavy (non-hydrogen) atoms. The Morgan fingerprint density at radius 2 is 1.79 bits per heavy atom. The molecule has 0 aromatic heterocycles. The Labute approximate surface area is 89.7 Å². The summed E-state index contributed by atoms with van der Waals surface area (Å²) in [4.78, 5) is 0. The van der Waals surface area contributed by atoms with Gasteiger partial charge in [-0.2, -0.15) is 0 Å². The van der Waals surface area contributed by atoms with E-state index in [9.17, 15) is 0 Å². The van der Waals surface area contributed by atoms with Crippen molar-refractivity contribution in [1.82, 2.24) is 0 Å². The number of hydrogen-bond donors (Lipinski definition) is 0. The minimum Gasteiger partial charge on any atom is -0.415 e. The van der Waals surface area contributed by atoms with Gasteiger partial charge in [0.2, 0.25) is 8.32 Å². The van der Waals surface area contributed by atoms with Gasteiger partial charge in [0.05, 0.1) is 0 Å². The number of rotatable bonds is 3. The van der Waals surface area contributed by atoms with E-state index in [1.54, 1.807) is 0 Å². The van der Waals surface area contributed by atoms with E-state index in [4.69, 9.17) is 4.43 Å². The van der Waals surface area contributed by atoms with Crippen LogP contribution in [0.15, 0.2) is 12.7 Å². The normalized spacial score (nSPS) is 31.4. The summed E-state index contributed by atoms with van der Waals surface area (Å²) in [7, 11) is -1.60. The van der Waals surface area contributed by atoms with Crippen molar-refractivity contribution in [3.05, 3.63) is 12.7 Å². The lowest BCUT2D eigenvalue weighted by Gasteiger charge is -2.38. The van der Waals surface area contributed by atoms with Crippen LogP contribution in [0.5, 0.6) is 0 Å². The van der Waals surface area contributed by atoms with Crippen LogP contribution in [-0.2, 0) is 4.43 Å². The number of hydrogen-bond acceptors (Lipinski definition) is 1. The van der Waals surface area contributed by atoms with Crippen molar-refractivity contribution in [3.8, 4) is 0 Å². The zero-order valence-electron chi connectivity index (χ0n) is 10.2. The van der Waals surface area contributed by atoms with Crippen LogP contribution in [0.2, 0.25) is 16.6 Å². The van der Waals surface area contributed by atoms with Crippen LogP contribution >= 0.6 is 0 Å². The highest BCUT2D eigenvalue weighted by Crippen LogP contribution is 2.51.